The number of rotatable bonds is 2. The van der Waals surface area contributed by atoms with Crippen LogP contribution in [0.15, 0.2) is 12.1 Å². The van der Waals surface area contributed by atoms with Gasteiger partial charge in [-0.2, -0.15) is 0 Å². The minimum absolute atomic E-state index is 0.0351. The summed E-state index contributed by atoms with van der Waals surface area (Å²) in [5, 5.41) is 2.74. The number of amides is 1. The second-order valence-corrected chi connectivity index (χ2v) is 6.94. The fourth-order valence-corrected chi connectivity index (χ4v) is 4.64. The van der Waals surface area contributed by atoms with Gasteiger partial charge in [-0.15, -0.1) is 0 Å². The van der Waals surface area contributed by atoms with E-state index in [2.05, 4.69) is 5.32 Å². The molecule has 3 N–H and O–H groups in total. The highest BCUT2D eigenvalue weighted by atomic mass is 19.1. The van der Waals surface area contributed by atoms with Crippen molar-refractivity contribution in [2.24, 2.45) is 23.5 Å². The maximum Gasteiger partial charge on any atom is 0.224 e. The van der Waals surface area contributed by atoms with Crippen LogP contribution in [0.4, 0.5) is 10.1 Å². The molecule has 0 spiro atoms. The number of hydrogen-bond acceptors (Lipinski definition) is 2. The van der Waals surface area contributed by atoms with Crippen molar-refractivity contribution < 1.29 is 9.18 Å². The second kappa shape index (κ2) is 4.80. The Balaban J connectivity index is 1.64. The van der Waals surface area contributed by atoms with E-state index in [1.54, 1.807) is 0 Å². The first-order valence-electron chi connectivity index (χ1n) is 7.99. The van der Waals surface area contributed by atoms with E-state index in [9.17, 15) is 9.18 Å². The van der Waals surface area contributed by atoms with Gasteiger partial charge in [-0.05, 0) is 61.1 Å². The number of hydrogen-bond donors (Lipinski definition) is 2. The molecular formula is C17H21FN2O. The number of benzene rings is 1. The van der Waals surface area contributed by atoms with Gasteiger partial charge < -0.3 is 11.1 Å². The van der Waals surface area contributed by atoms with Gasteiger partial charge in [0.15, 0.2) is 0 Å². The largest absolute Gasteiger partial charge is 0.326 e. The van der Waals surface area contributed by atoms with Crippen molar-refractivity contribution in [3.8, 4) is 0 Å². The van der Waals surface area contributed by atoms with Crippen molar-refractivity contribution in [1.29, 1.82) is 0 Å². The van der Waals surface area contributed by atoms with Crippen LogP contribution < -0.4 is 11.1 Å². The summed E-state index contributed by atoms with van der Waals surface area (Å²) in [6.07, 6.45) is 6.16. The molecule has 2 aliphatic carbocycles. The van der Waals surface area contributed by atoms with Gasteiger partial charge in [0.1, 0.15) is 5.82 Å². The van der Waals surface area contributed by atoms with Crippen molar-refractivity contribution in [3.05, 3.63) is 29.1 Å². The topological polar surface area (TPSA) is 55.1 Å². The van der Waals surface area contributed by atoms with Crippen molar-refractivity contribution in [3.63, 3.8) is 0 Å². The first-order chi connectivity index (χ1) is 10.1. The number of fused-ring (bicyclic) bond motifs is 3. The Bertz CT molecular complexity index is 601. The summed E-state index contributed by atoms with van der Waals surface area (Å²) in [4.78, 5) is 11.4. The molecule has 3 nitrogen and oxygen atoms in total. The number of aryl methyl sites for hydroxylation is 1. The monoisotopic (exact) mass is 288 g/mol. The number of carbonyl (C=O) groups excluding carboxylic acids is 1. The summed E-state index contributed by atoms with van der Waals surface area (Å²) in [5.41, 5.74) is 8.70. The summed E-state index contributed by atoms with van der Waals surface area (Å²) in [5.74, 6) is 1.61. The lowest BCUT2D eigenvalue weighted by Crippen LogP contribution is -2.27. The quantitative estimate of drug-likeness (QED) is 0.878. The fraction of sp³-hybridized carbons (Fsp3) is 0.588. The zero-order valence-electron chi connectivity index (χ0n) is 12.1. The Morgan fingerprint density at radius 3 is 2.81 bits per heavy atom. The molecule has 4 atom stereocenters. The van der Waals surface area contributed by atoms with Gasteiger partial charge in [0.05, 0.1) is 0 Å². The van der Waals surface area contributed by atoms with E-state index in [0.717, 1.165) is 17.9 Å². The van der Waals surface area contributed by atoms with E-state index in [4.69, 9.17) is 5.73 Å². The minimum Gasteiger partial charge on any atom is -0.326 e. The summed E-state index contributed by atoms with van der Waals surface area (Å²) in [7, 11) is 0. The lowest BCUT2D eigenvalue weighted by Gasteiger charge is -2.29. The molecule has 3 aliphatic rings. The van der Waals surface area contributed by atoms with Crippen molar-refractivity contribution in [1.82, 2.24) is 0 Å². The minimum atomic E-state index is -0.272. The highest BCUT2D eigenvalue weighted by Gasteiger charge is 2.43. The third-order valence-corrected chi connectivity index (χ3v) is 5.73. The molecule has 2 fully saturated rings. The lowest BCUT2D eigenvalue weighted by molar-refractivity contribution is -0.116. The van der Waals surface area contributed by atoms with Crippen LogP contribution in [0, 0.1) is 23.6 Å². The number of nitrogens with two attached hydrogens (primary N) is 1. The van der Waals surface area contributed by atoms with E-state index in [1.165, 1.54) is 25.3 Å². The Kier molecular flexibility index (Phi) is 3.03. The maximum absolute atomic E-state index is 14.4. The maximum atomic E-state index is 14.4. The second-order valence-electron chi connectivity index (χ2n) is 6.94. The molecule has 0 radical (unpaired) electrons. The third-order valence-electron chi connectivity index (χ3n) is 5.73. The standard InChI is InChI=1S/C17H21FN2O/c18-14-8-15-11(3-4-16(21)20-15)7-13(14)17(19)12-6-9-1-2-10(12)5-9/h7-10,12,17H,1-6,19H2,(H,20,21). The predicted octanol–water partition coefficient (Wildman–Crippen LogP) is 3.15. The van der Waals surface area contributed by atoms with Crippen LogP contribution in [-0.2, 0) is 11.2 Å². The Morgan fingerprint density at radius 2 is 2.10 bits per heavy atom. The van der Waals surface area contributed by atoms with Gasteiger partial charge in [0.2, 0.25) is 5.91 Å². The number of halogens is 1. The molecule has 1 amide bonds. The lowest BCUT2D eigenvalue weighted by atomic mass is 9.80. The molecule has 2 bridgehead atoms. The molecule has 1 aromatic carbocycles. The highest BCUT2D eigenvalue weighted by molar-refractivity contribution is 5.93. The molecule has 0 saturated heterocycles. The van der Waals surface area contributed by atoms with Gasteiger partial charge in [0, 0.05) is 23.7 Å². The van der Waals surface area contributed by atoms with Crippen LogP contribution in [0.1, 0.15) is 49.3 Å². The van der Waals surface area contributed by atoms with Crippen LogP contribution >= 0.6 is 0 Å². The number of carbonyl (C=O) groups is 1. The number of anilines is 1. The Hall–Kier alpha value is -1.42. The molecule has 21 heavy (non-hydrogen) atoms. The van der Waals surface area contributed by atoms with Crippen LogP contribution in [-0.4, -0.2) is 5.91 Å². The smallest absolute Gasteiger partial charge is 0.224 e. The molecule has 1 aromatic rings. The molecule has 112 valence electrons. The first kappa shape index (κ1) is 13.3. The summed E-state index contributed by atoms with van der Waals surface area (Å²) >= 11 is 0. The van der Waals surface area contributed by atoms with Crippen LogP contribution in [0.5, 0.6) is 0 Å². The van der Waals surface area contributed by atoms with Gasteiger partial charge in [-0.1, -0.05) is 6.42 Å². The Labute approximate surface area is 124 Å². The van der Waals surface area contributed by atoms with Crippen molar-refractivity contribution in [2.75, 3.05) is 5.32 Å². The summed E-state index contributed by atoms with van der Waals surface area (Å²) in [6.45, 7) is 0. The zero-order chi connectivity index (χ0) is 14.6. The van der Waals surface area contributed by atoms with Crippen molar-refractivity contribution in [2.45, 2.75) is 44.6 Å². The van der Waals surface area contributed by atoms with E-state index >= 15 is 0 Å². The molecule has 4 rings (SSSR count). The fourth-order valence-electron chi connectivity index (χ4n) is 4.64. The van der Waals surface area contributed by atoms with E-state index in [1.807, 2.05) is 6.07 Å². The summed E-state index contributed by atoms with van der Waals surface area (Å²) < 4.78 is 14.4. The molecular weight excluding hydrogens is 267 g/mol. The SMILES string of the molecule is NC(c1cc2c(cc1F)NC(=O)CC2)C1CC2CCC1C2. The molecule has 2 saturated carbocycles. The molecule has 4 heteroatoms. The molecule has 1 aliphatic heterocycles. The Morgan fingerprint density at radius 1 is 1.24 bits per heavy atom. The van der Waals surface area contributed by atoms with E-state index in [0.29, 0.717) is 35.9 Å². The first-order valence-corrected chi connectivity index (χ1v) is 7.99. The molecule has 0 aromatic heterocycles. The summed E-state index contributed by atoms with van der Waals surface area (Å²) in [6, 6.07) is 3.14. The highest BCUT2D eigenvalue weighted by Crippen LogP contribution is 2.52. The zero-order valence-corrected chi connectivity index (χ0v) is 12.1. The van der Waals surface area contributed by atoms with E-state index < -0.39 is 0 Å². The van der Waals surface area contributed by atoms with Crippen molar-refractivity contribution >= 4 is 11.6 Å². The average molecular weight is 288 g/mol. The van der Waals surface area contributed by atoms with Gasteiger partial charge in [0.25, 0.3) is 0 Å². The molecule has 1 heterocycles. The van der Waals surface area contributed by atoms with Crippen LogP contribution in [0.2, 0.25) is 0 Å². The van der Waals surface area contributed by atoms with Crippen LogP contribution in [0.3, 0.4) is 0 Å². The van der Waals surface area contributed by atoms with Crippen LogP contribution in [0.25, 0.3) is 0 Å². The van der Waals surface area contributed by atoms with Gasteiger partial charge in [-0.25, -0.2) is 4.39 Å². The predicted molar refractivity (Wildman–Crippen MR) is 79.2 cm³/mol. The van der Waals surface area contributed by atoms with E-state index in [-0.39, 0.29) is 17.8 Å². The normalized spacial score (nSPS) is 31.9. The van der Waals surface area contributed by atoms with Gasteiger partial charge >= 0.3 is 0 Å². The molecule has 4 unspecified atom stereocenters. The number of nitrogens with one attached hydrogen (secondary N) is 1. The third kappa shape index (κ3) is 2.16. The van der Waals surface area contributed by atoms with Gasteiger partial charge in [-0.3, -0.25) is 4.79 Å². The average Bonchev–Trinajstić information content (AvgIpc) is 3.08.